The summed E-state index contributed by atoms with van der Waals surface area (Å²) in [6.07, 6.45) is 1.48. The van der Waals surface area contributed by atoms with Gasteiger partial charge in [-0.2, -0.15) is 0 Å². The van der Waals surface area contributed by atoms with E-state index in [4.69, 9.17) is 39.5 Å². The molecule has 3 unspecified atom stereocenters. The largest absolute Gasteiger partial charge is 0.487 e. The summed E-state index contributed by atoms with van der Waals surface area (Å²) < 4.78 is 5.85. The Labute approximate surface area is 132 Å². The molecule has 3 atom stereocenters. The molecule has 1 fully saturated rings. The van der Waals surface area contributed by atoms with E-state index in [1.807, 2.05) is 13.8 Å². The fourth-order valence-corrected chi connectivity index (χ4v) is 3.33. The van der Waals surface area contributed by atoms with Gasteiger partial charge in [0.15, 0.2) is 5.75 Å². The molecule has 1 saturated carbocycles. The highest BCUT2D eigenvalue weighted by molar-refractivity contribution is 6.37. The molecule has 4 nitrogen and oxygen atoms in total. The minimum absolute atomic E-state index is 0.0492. The monoisotopic (exact) mass is 337 g/mol. The first-order chi connectivity index (χ1) is 9.29. The molecular weight excluding hydrogens is 325 g/mol. The number of nitro benzene ring substituents is 1. The molecule has 2 rings (SSSR count). The number of hydrogen-bond donors (Lipinski definition) is 0. The van der Waals surface area contributed by atoms with Crippen LogP contribution in [-0.4, -0.2) is 16.4 Å². The van der Waals surface area contributed by atoms with E-state index in [1.54, 1.807) is 0 Å². The Morgan fingerprint density at radius 2 is 2.00 bits per heavy atom. The molecule has 20 heavy (non-hydrogen) atoms. The van der Waals surface area contributed by atoms with Crippen LogP contribution in [0.2, 0.25) is 10.0 Å². The third-order valence-electron chi connectivity index (χ3n) is 4.09. The summed E-state index contributed by atoms with van der Waals surface area (Å²) in [5.41, 5.74) is -0.301. The lowest BCUT2D eigenvalue weighted by Gasteiger charge is -2.50. The number of non-ortho nitro benzene ring substituents is 1. The second-order valence-electron chi connectivity index (χ2n) is 5.16. The van der Waals surface area contributed by atoms with Crippen molar-refractivity contribution in [3.8, 4) is 5.75 Å². The molecule has 0 N–H and O–H groups in total. The van der Waals surface area contributed by atoms with E-state index in [1.165, 1.54) is 12.1 Å². The third-order valence-corrected chi connectivity index (χ3v) is 5.33. The standard InChI is InChI=1S/C13H14Cl3NO3/c1-3-13(2)10(16)6-11(13)20-12-8(14)4-7(17(18)19)5-9(12)15/h4-5,10-11H,3,6H2,1-2H3. The molecular formula is C13H14Cl3NO3. The summed E-state index contributed by atoms with van der Waals surface area (Å²) in [5, 5.41) is 11.1. The number of benzene rings is 1. The first-order valence-corrected chi connectivity index (χ1v) is 7.43. The Morgan fingerprint density at radius 1 is 1.45 bits per heavy atom. The Balaban J connectivity index is 2.25. The number of halogens is 3. The van der Waals surface area contributed by atoms with Crippen LogP contribution in [0.25, 0.3) is 0 Å². The van der Waals surface area contributed by atoms with E-state index in [0.29, 0.717) is 6.42 Å². The molecule has 1 aliphatic carbocycles. The zero-order chi connectivity index (χ0) is 15.1. The normalized spacial score (nSPS) is 28.9. The lowest BCUT2D eigenvalue weighted by molar-refractivity contribution is -0.384. The fourth-order valence-electron chi connectivity index (χ4n) is 2.31. The van der Waals surface area contributed by atoms with Crippen LogP contribution in [0.1, 0.15) is 26.7 Å². The molecule has 0 aromatic heterocycles. The average molecular weight is 339 g/mol. The van der Waals surface area contributed by atoms with Crippen LogP contribution < -0.4 is 4.74 Å². The molecule has 0 saturated heterocycles. The van der Waals surface area contributed by atoms with Gasteiger partial charge in [-0.05, 0) is 6.42 Å². The second-order valence-corrected chi connectivity index (χ2v) is 6.51. The van der Waals surface area contributed by atoms with E-state index >= 15 is 0 Å². The highest BCUT2D eigenvalue weighted by Gasteiger charge is 2.51. The predicted molar refractivity (Wildman–Crippen MR) is 80.2 cm³/mol. The van der Waals surface area contributed by atoms with Gasteiger partial charge in [0.05, 0.1) is 15.0 Å². The summed E-state index contributed by atoms with van der Waals surface area (Å²) in [4.78, 5) is 10.2. The van der Waals surface area contributed by atoms with E-state index in [9.17, 15) is 10.1 Å². The molecule has 0 bridgehead atoms. The van der Waals surface area contributed by atoms with Crippen LogP contribution in [-0.2, 0) is 0 Å². The topological polar surface area (TPSA) is 52.4 Å². The van der Waals surface area contributed by atoms with Crippen LogP contribution in [0.4, 0.5) is 5.69 Å². The molecule has 0 spiro atoms. The number of hydrogen-bond acceptors (Lipinski definition) is 3. The quantitative estimate of drug-likeness (QED) is 0.437. The van der Waals surface area contributed by atoms with Gasteiger partial charge in [0.2, 0.25) is 0 Å². The maximum atomic E-state index is 10.7. The van der Waals surface area contributed by atoms with E-state index in [2.05, 4.69) is 0 Å². The maximum Gasteiger partial charge on any atom is 0.272 e. The van der Waals surface area contributed by atoms with Crippen molar-refractivity contribution in [1.82, 2.24) is 0 Å². The highest BCUT2D eigenvalue weighted by Crippen LogP contribution is 2.50. The van der Waals surface area contributed by atoms with Crippen LogP contribution in [0, 0.1) is 15.5 Å². The minimum Gasteiger partial charge on any atom is -0.487 e. The van der Waals surface area contributed by atoms with Crippen molar-refractivity contribution in [1.29, 1.82) is 0 Å². The van der Waals surface area contributed by atoms with Crippen molar-refractivity contribution in [2.24, 2.45) is 5.41 Å². The van der Waals surface area contributed by atoms with Crippen LogP contribution in [0.3, 0.4) is 0 Å². The summed E-state index contributed by atoms with van der Waals surface area (Å²) in [6, 6.07) is 2.48. The third kappa shape index (κ3) is 2.57. The van der Waals surface area contributed by atoms with Crippen LogP contribution in [0.15, 0.2) is 12.1 Å². The number of ether oxygens (including phenoxy) is 1. The second kappa shape index (κ2) is 5.58. The average Bonchev–Trinajstić information content (AvgIpc) is 2.39. The van der Waals surface area contributed by atoms with Crippen LogP contribution in [0.5, 0.6) is 5.75 Å². The molecule has 0 heterocycles. The van der Waals surface area contributed by atoms with Crippen molar-refractivity contribution in [2.45, 2.75) is 38.2 Å². The molecule has 7 heteroatoms. The molecule has 110 valence electrons. The molecule has 0 amide bonds. The Kier molecular flexibility index (Phi) is 4.38. The van der Waals surface area contributed by atoms with Gasteiger partial charge < -0.3 is 4.74 Å². The molecule has 0 radical (unpaired) electrons. The van der Waals surface area contributed by atoms with Crippen molar-refractivity contribution in [3.63, 3.8) is 0 Å². The summed E-state index contributed by atoms with van der Waals surface area (Å²) in [6.45, 7) is 4.09. The van der Waals surface area contributed by atoms with E-state index in [-0.39, 0.29) is 38.4 Å². The maximum absolute atomic E-state index is 10.7. The van der Waals surface area contributed by atoms with Gasteiger partial charge >= 0.3 is 0 Å². The Hall–Kier alpha value is -0.710. The van der Waals surface area contributed by atoms with Gasteiger partial charge in [0.25, 0.3) is 5.69 Å². The predicted octanol–water partition coefficient (Wildman–Crippen LogP) is 5.08. The van der Waals surface area contributed by atoms with Crippen molar-refractivity contribution in [2.75, 3.05) is 0 Å². The van der Waals surface area contributed by atoms with Gasteiger partial charge in [-0.15, -0.1) is 11.6 Å². The molecule has 1 aromatic rings. The first-order valence-electron chi connectivity index (χ1n) is 6.23. The first kappa shape index (κ1) is 15.7. The van der Waals surface area contributed by atoms with Gasteiger partial charge in [-0.1, -0.05) is 37.0 Å². The SMILES string of the molecule is CCC1(C)C(Cl)CC1Oc1c(Cl)cc([N+](=O)[O-])cc1Cl. The molecule has 1 aliphatic rings. The van der Waals surface area contributed by atoms with Gasteiger partial charge in [-0.25, -0.2) is 0 Å². The molecule has 1 aromatic carbocycles. The highest BCUT2D eigenvalue weighted by atomic mass is 35.5. The lowest BCUT2D eigenvalue weighted by Crippen LogP contribution is -2.55. The minimum atomic E-state index is -0.546. The lowest BCUT2D eigenvalue weighted by atomic mass is 9.65. The van der Waals surface area contributed by atoms with Crippen molar-refractivity contribution >= 4 is 40.5 Å². The summed E-state index contributed by atoms with van der Waals surface area (Å²) >= 11 is 18.3. The van der Waals surface area contributed by atoms with Gasteiger partial charge in [-0.3, -0.25) is 10.1 Å². The molecule has 0 aliphatic heterocycles. The van der Waals surface area contributed by atoms with Gasteiger partial charge in [0, 0.05) is 29.3 Å². The smallest absolute Gasteiger partial charge is 0.272 e. The van der Waals surface area contributed by atoms with E-state index < -0.39 is 4.92 Å². The summed E-state index contributed by atoms with van der Waals surface area (Å²) in [5.74, 6) is 0.284. The van der Waals surface area contributed by atoms with E-state index in [0.717, 1.165) is 6.42 Å². The van der Waals surface area contributed by atoms with Crippen molar-refractivity contribution < 1.29 is 9.66 Å². The Bertz CT molecular complexity index is 529. The van der Waals surface area contributed by atoms with Crippen molar-refractivity contribution in [3.05, 3.63) is 32.3 Å². The number of nitrogens with zero attached hydrogens (tertiary/aromatic N) is 1. The van der Waals surface area contributed by atoms with Crippen LogP contribution >= 0.6 is 34.8 Å². The number of rotatable bonds is 4. The zero-order valence-electron chi connectivity index (χ0n) is 11.0. The fraction of sp³-hybridized carbons (Fsp3) is 0.538. The number of alkyl halides is 1. The number of nitro groups is 1. The zero-order valence-corrected chi connectivity index (χ0v) is 13.3. The summed E-state index contributed by atoms with van der Waals surface area (Å²) in [7, 11) is 0. The Morgan fingerprint density at radius 3 is 2.40 bits per heavy atom. The van der Waals surface area contributed by atoms with Gasteiger partial charge in [0.1, 0.15) is 6.10 Å².